The van der Waals surface area contributed by atoms with Gasteiger partial charge in [-0.1, -0.05) is 11.2 Å². The van der Waals surface area contributed by atoms with Crippen LogP contribution in [0.2, 0.25) is 0 Å². The van der Waals surface area contributed by atoms with Crippen molar-refractivity contribution in [3.63, 3.8) is 0 Å². The van der Waals surface area contributed by atoms with Crippen LogP contribution in [0.4, 0.5) is 13.2 Å². The molecule has 1 aliphatic heterocycles. The second kappa shape index (κ2) is 7.03. The maximum absolute atomic E-state index is 12.9. The second-order valence-corrected chi connectivity index (χ2v) is 5.49. The second-order valence-electron chi connectivity index (χ2n) is 5.49. The molecule has 1 aromatic heterocycles. The Morgan fingerprint density at radius 2 is 2.08 bits per heavy atom. The standard InChI is InChI=1S/C17H15F3N4O2/c1-11-21-8-9-24(11)15(23-25)14-6-3-7-22-16(14)26-13-5-2-4-12(10-13)17(18,19)20/h2-7,10,25H,8-9H2,1H3/b23-15-. The summed E-state index contributed by atoms with van der Waals surface area (Å²) in [7, 11) is 0. The van der Waals surface area contributed by atoms with Crippen molar-refractivity contribution in [3.05, 3.63) is 53.7 Å². The van der Waals surface area contributed by atoms with Crippen molar-refractivity contribution in [3.8, 4) is 11.6 Å². The summed E-state index contributed by atoms with van der Waals surface area (Å²) in [5.74, 6) is 0.827. The first kappa shape index (κ1) is 17.7. The summed E-state index contributed by atoms with van der Waals surface area (Å²) in [5.41, 5.74) is -0.491. The summed E-state index contributed by atoms with van der Waals surface area (Å²) in [5, 5.41) is 12.8. The van der Waals surface area contributed by atoms with E-state index < -0.39 is 11.7 Å². The molecular weight excluding hydrogens is 349 g/mol. The van der Waals surface area contributed by atoms with Crippen LogP contribution in [0.5, 0.6) is 11.6 Å². The fraction of sp³-hybridized carbons (Fsp3) is 0.235. The van der Waals surface area contributed by atoms with Gasteiger partial charge in [-0.2, -0.15) is 13.2 Å². The van der Waals surface area contributed by atoms with Crippen LogP contribution in [0.1, 0.15) is 18.1 Å². The molecular formula is C17H15F3N4O2. The molecule has 26 heavy (non-hydrogen) atoms. The van der Waals surface area contributed by atoms with E-state index in [4.69, 9.17) is 4.74 Å². The van der Waals surface area contributed by atoms with Crippen LogP contribution in [-0.4, -0.2) is 39.9 Å². The topological polar surface area (TPSA) is 70.3 Å². The van der Waals surface area contributed by atoms with Crippen LogP contribution < -0.4 is 4.74 Å². The van der Waals surface area contributed by atoms with E-state index in [0.29, 0.717) is 24.5 Å². The lowest BCUT2D eigenvalue weighted by Gasteiger charge is -2.20. The Bertz CT molecular complexity index is 865. The summed E-state index contributed by atoms with van der Waals surface area (Å²) in [6.45, 7) is 2.83. The van der Waals surface area contributed by atoms with Gasteiger partial charge in [-0.05, 0) is 37.3 Å². The minimum absolute atomic E-state index is 0.0242. The van der Waals surface area contributed by atoms with Gasteiger partial charge in [-0.3, -0.25) is 4.99 Å². The van der Waals surface area contributed by atoms with E-state index in [1.54, 1.807) is 24.0 Å². The van der Waals surface area contributed by atoms with Crippen LogP contribution >= 0.6 is 0 Å². The number of benzene rings is 1. The van der Waals surface area contributed by atoms with Gasteiger partial charge in [0.2, 0.25) is 5.88 Å². The smallest absolute Gasteiger partial charge is 0.416 e. The van der Waals surface area contributed by atoms with E-state index in [1.165, 1.54) is 18.3 Å². The highest BCUT2D eigenvalue weighted by atomic mass is 19.4. The Labute approximate surface area is 147 Å². The number of aliphatic imine (C=N–C) groups is 1. The number of rotatable bonds is 3. The molecule has 0 radical (unpaired) electrons. The van der Waals surface area contributed by atoms with Crippen LogP contribution in [0.3, 0.4) is 0 Å². The molecule has 2 aromatic rings. The van der Waals surface area contributed by atoms with Crippen molar-refractivity contribution in [1.29, 1.82) is 0 Å². The average molecular weight is 364 g/mol. The molecule has 0 spiro atoms. The van der Waals surface area contributed by atoms with Gasteiger partial charge in [-0.15, -0.1) is 0 Å². The first-order valence-corrected chi connectivity index (χ1v) is 7.71. The zero-order chi connectivity index (χ0) is 18.7. The van der Waals surface area contributed by atoms with E-state index in [2.05, 4.69) is 15.1 Å². The van der Waals surface area contributed by atoms with E-state index in [0.717, 1.165) is 12.1 Å². The number of pyridine rings is 1. The Balaban J connectivity index is 1.94. The van der Waals surface area contributed by atoms with Crippen molar-refractivity contribution in [1.82, 2.24) is 9.88 Å². The third-order valence-corrected chi connectivity index (χ3v) is 3.79. The molecule has 0 aliphatic carbocycles. The zero-order valence-corrected chi connectivity index (χ0v) is 13.7. The number of ether oxygens (including phenoxy) is 1. The Morgan fingerprint density at radius 3 is 2.73 bits per heavy atom. The van der Waals surface area contributed by atoms with Crippen molar-refractivity contribution in [2.24, 2.45) is 10.1 Å². The van der Waals surface area contributed by atoms with Crippen LogP contribution in [0.25, 0.3) is 0 Å². The molecule has 0 saturated carbocycles. The molecule has 1 N–H and O–H groups in total. The van der Waals surface area contributed by atoms with Crippen molar-refractivity contribution in [2.75, 3.05) is 13.1 Å². The van der Waals surface area contributed by atoms with E-state index in [-0.39, 0.29) is 17.5 Å². The lowest BCUT2D eigenvalue weighted by Crippen LogP contribution is -2.34. The van der Waals surface area contributed by atoms with Crippen molar-refractivity contribution >= 4 is 11.7 Å². The van der Waals surface area contributed by atoms with Gasteiger partial charge < -0.3 is 14.8 Å². The molecule has 0 bridgehead atoms. The maximum atomic E-state index is 12.9. The molecule has 1 aliphatic rings. The highest BCUT2D eigenvalue weighted by Crippen LogP contribution is 2.33. The largest absolute Gasteiger partial charge is 0.438 e. The van der Waals surface area contributed by atoms with Gasteiger partial charge in [-0.25, -0.2) is 4.98 Å². The molecule has 9 heteroatoms. The minimum Gasteiger partial charge on any atom is -0.438 e. The number of amidine groups is 2. The first-order valence-electron chi connectivity index (χ1n) is 7.71. The van der Waals surface area contributed by atoms with Gasteiger partial charge in [0, 0.05) is 12.7 Å². The zero-order valence-electron chi connectivity index (χ0n) is 13.7. The van der Waals surface area contributed by atoms with Crippen LogP contribution in [0, 0.1) is 0 Å². The summed E-state index contributed by atoms with van der Waals surface area (Å²) in [6.07, 6.45) is -3.04. The summed E-state index contributed by atoms with van der Waals surface area (Å²) in [6, 6.07) is 7.71. The number of nitrogens with zero attached hydrogens (tertiary/aromatic N) is 4. The van der Waals surface area contributed by atoms with Crippen molar-refractivity contribution in [2.45, 2.75) is 13.1 Å². The molecule has 136 valence electrons. The van der Waals surface area contributed by atoms with Gasteiger partial charge in [0.05, 0.1) is 17.7 Å². The quantitative estimate of drug-likeness (QED) is 0.390. The molecule has 0 amide bonds. The lowest BCUT2D eigenvalue weighted by molar-refractivity contribution is -0.137. The Hall–Kier alpha value is -3.10. The van der Waals surface area contributed by atoms with Crippen molar-refractivity contribution < 1.29 is 23.1 Å². The highest BCUT2D eigenvalue weighted by molar-refractivity contribution is 6.10. The molecule has 3 rings (SSSR count). The SMILES string of the molecule is CC1=NCCN1/C(=N\O)c1cccnc1Oc1cccc(C(F)(F)F)c1. The Morgan fingerprint density at radius 1 is 1.27 bits per heavy atom. The van der Waals surface area contributed by atoms with E-state index >= 15 is 0 Å². The summed E-state index contributed by atoms with van der Waals surface area (Å²) >= 11 is 0. The number of alkyl halides is 3. The molecule has 6 nitrogen and oxygen atoms in total. The number of oxime groups is 1. The van der Waals surface area contributed by atoms with Gasteiger partial charge in [0.25, 0.3) is 0 Å². The first-order chi connectivity index (χ1) is 12.4. The Kier molecular flexibility index (Phi) is 4.79. The molecule has 0 saturated heterocycles. The monoisotopic (exact) mass is 364 g/mol. The van der Waals surface area contributed by atoms with E-state index in [9.17, 15) is 18.4 Å². The maximum Gasteiger partial charge on any atom is 0.416 e. The van der Waals surface area contributed by atoms with Gasteiger partial charge in [0.1, 0.15) is 11.6 Å². The molecule has 1 aromatic carbocycles. The normalized spacial score (nSPS) is 15.2. The molecule has 0 unspecified atom stereocenters. The lowest BCUT2D eigenvalue weighted by atomic mass is 10.2. The van der Waals surface area contributed by atoms with Gasteiger partial charge >= 0.3 is 6.18 Å². The van der Waals surface area contributed by atoms with E-state index in [1.807, 2.05) is 0 Å². The summed E-state index contributed by atoms with van der Waals surface area (Å²) < 4.78 is 44.2. The average Bonchev–Trinajstić information content (AvgIpc) is 3.03. The van der Waals surface area contributed by atoms with Gasteiger partial charge in [0.15, 0.2) is 5.84 Å². The van der Waals surface area contributed by atoms with Crippen LogP contribution in [-0.2, 0) is 6.18 Å². The number of hydrogen-bond donors (Lipinski definition) is 1. The molecule has 0 atom stereocenters. The number of aromatic nitrogens is 1. The molecule has 2 heterocycles. The predicted molar refractivity (Wildman–Crippen MR) is 88.8 cm³/mol. The fourth-order valence-corrected chi connectivity index (χ4v) is 2.56. The highest BCUT2D eigenvalue weighted by Gasteiger charge is 2.31. The molecule has 0 fully saturated rings. The fourth-order valence-electron chi connectivity index (χ4n) is 2.56. The minimum atomic E-state index is -4.48. The number of halogens is 3. The third-order valence-electron chi connectivity index (χ3n) is 3.79. The summed E-state index contributed by atoms with van der Waals surface area (Å²) in [4.78, 5) is 9.97. The third kappa shape index (κ3) is 3.61. The van der Waals surface area contributed by atoms with Crippen LogP contribution in [0.15, 0.2) is 52.7 Å². The number of hydrogen-bond acceptors (Lipinski definition) is 5. The predicted octanol–water partition coefficient (Wildman–Crippen LogP) is 3.76.